The van der Waals surface area contributed by atoms with Crippen molar-refractivity contribution in [3.63, 3.8) is 0 Å². The third-order valence-electron chi connectivity index (χ3n) is 4.23. The molecule has 2 aromatic rings. The summed E-state index contributed by atoms with van der Waals surface area (Å²) in [5.41, 5.74) is 1.07. The Hall–Kier alpha value is -2.67. The number of carbonyl (C=O) groups is 1. The van der Waals surface area contributed by atoms with Crippen LogP contribution in [0.4, 0.5) is 19.0 Å². The highest BCUT2D eigenvalue weighted by Crippen LogP contribution is 2.19. The number of anilines is 1. The smallest absolute Gasteiger partial charge is 0.262 e. The van der Waals surface area contributed by atoms with Crippen molar-refractivity contribution in [3.8, 4) is 0 Å². The minimum atomic E-state index is -1.26. The number of hydrogen-bond acceptors (Lipinski definition) is 3. The number of amides is 1. The van der Waals surface area contributed by atoms with Gasteiger partial charge in [-0.25, -0.2) is 18.2 Å². The zero-order chi connectivity index (χ0) is 18.7. The number of nitrogens with one attached hydrogen (secondary N) is 1. The van der Waals surface area contributed by atoms with Gasteiger partial charge < -0.3 is 10.2 Å². The summed E-state index contributed by atoms with van der Waals surface area (Å²) < 4.78 is 40.4. The number of pyridine rings is 1. The number of carbonyl (C=O) groups excluding carboxylic acids is 1. The second-order valence-corrected chi connectivity index (χ2v) is 6.25. The molecule has 2 heterocycles. The first kappa shape index (κ1) is 18.1. The Balaban J connectivity index is 1.77. The van der Waals surface area contributed by atoms with Crippen molar-refractivity contribution < 1.29 is 18.0 Å². The SMILES string of the molecule is CN1CCC(=Cc2cccc(NC(=O)c3c(F)cc(F)cc3F)n2)CC1. The maximum Gasteiger partial charge on any atom is 0.262 e. The molecular formula is C19H18F3N3O. The van der Waals surface area contributed by atoms with E-state index < -0.39 is 28.9 Å². The molecule has 3 rings (SSSR count). The van der Waals surface area contributed by atoms with E-state index in [1.807, 2.05) is 6.08 Å². The molecule has 1 amide bonds. The summed E-state index contributed by atoms with van der Waals surface area (Å²) >= 11 is 0. The van der Waals surface area contributed by atoms with E-state index in [1.54, 1.807) is 12.1 Å². The Morgan fingerprint density at radius 2 is 1.81 bits per heavy atom. The average Bonchev–Trinajstić information content (AvgIpc) is 2.56. The Morgan fingerprint density at radius 3 is 2.46 bits per heavy atom. The molecule has 136 valence electrons. The molecule has 1 aromatic heterocycles. The second kappa shape index (κ2) is 7.70. The first-order valence-electron chi connectivity index (χ1n) is 8.23. The van der Waals surface area contributed by atoms with Crippen LogP contribution in [0.5, 0.6) is 0 Å². The fourth-order valence-electron chi connectivity index (χ4n) is 2.80. The van der Waals surface area contributed by atoms with Crippen molar-refractivity contribution in [2.24, 2.45) is 0 Å². The Bertz CT molecular complexity index is 834. The molecule has 1 fully saturated rings. The molecule has 1 N–H and O–H groups in total. The minimum absolute atomic E-state index is 0.167. The highest BCUT2D eigenvalue weighted by Gasteiger charge is 2.19. The van der Waals surface area contributed by atoms with Crippen molar-refractivity contribution in [2.45, 2.75) is 12.8 Å². The summed E-state index contributed by atoms with van der Waals surface area (Å²) in [5, 5.41) is 2.35. The third kappa shape index (κ3) is 4.29. The van der Waals surface area contributed by atoms with Gasteiger partial charge in [0.1, 0.15) is 28.8 Å². The average molecular weight is 361 g/mol. The van der Waals surface area contributed by atoms with Crippen LogP contribution >= 0.6 is 0 Å². The fourth-order valence-corrected chi connectivity index (χ4v) is 2.80. The number of hydrogen-bond donors (Lipinski definition) is 1. The quantitative estimate of drug-likeness (QED) is 0.903. The summed E-state index contributed by atoms with van der Waals surface area (Å²) in [6.07, 6.45) is 3.85. The topological polar surface area (TPSA) is 45.2 Å². The molecule has 0 radical (unpaired) electrons. The van der Waals surface area contributed by atoms with E-state index in [-0.39, 0.29) is 5.82 Å². The fraction of sp³-hybridized carbons (Fsp3) is 0.263. The maximum absolute atomic E-state index is 13.7. The molecule has 0 saturated carbocycles. The van der Waals surface area contributed by atoms with Crippen molar-refractivity contribution in [1.82, 2.24) is 9.88 Å². The lowest BCUT2D eigenvalue weighted by Crippen LogP contribution is -2.26. The summed E-state index contributed by atoms with van der Waals surface area (Å²) in [6, 6.07) is 5.94. The van der Waals surface area contributed by atoms with Gasteiger partial charge in [0.15, 0.2) is 0 Å². The molecule has 1 aliphatic heterocycles. The number of halogens is 3. The van der Waals surface area contributed by atoms with Crippen molar-refractivity contribution in [1.29, 1.82) is 0 Å². The van der Waals surface area contributed by atoms with Crippen LogP contribution < -0.4 is 5.32 Å². The number of benzene rings is 1. The van der Waals surface area contributed by atoms with Gasteiger partial charge in [-0.3, -0.25) is 4.79 Å². The van der Waals surface area contributed by atoms with E-state index >= 15 is 0 Å². The first-order chi connectivity index (χ1) is 12.4. The number of likely N-dealkylation sites (tertiary alicyclic amines) is 1. The highest BCUT2D eigenvalue weighted by atomic mass is 19.1. The normalized spacial score (nSPS) is 15.0. The Kier molecular flexibility index (Phi) is 5.37. The first-order valence-corrected chi connectivity index (χ1v) is 8.23. The van der Waals surface area contributed by atoms with Crippen LogP contribution in [0.25, 0.3) is 6.08 Å². The molecule has 0 unspecified atom stereocenters. The van der Waals surface area contributed by atoms with Crippen molar-refractivity contribution in [3.05, 3.63) is 64.6 Å². The lowest BCUT2D eigenvalue weighted by atomic mass is 10.0. The van der Waals surface area contributed by atoms with Crippen LogP contribution in [-0.2, 0) is 0 Å². The van der Waals surface area contributed by atoms with E-state index in [0.29, 0.717) is 17.8 Å². The third-order valence-corrected chi connectivity index (χ3v) is 4.23. The molecule has 0 atom stereocenters. The predicted molar refractivity (Wildman–Crippen MR) is 93.2 cm³/mol. The van der Waals surface area contributed by atoms with Gasteiger partial charge in [-0.2, -0.15) is 0 Å². The van der Waals surface area contributed by atoms with E-state index in [2.05, 4.69) is 22.2 Å². The number of aromatic nitrogens is 1. The van der Waals surface area contributed by atoms with Crippen molar-refractivity contribution in [2.75, 3.05) is 25.5 Å². The molecule has 26 heavy (non-hydrogen) atoms. The van der Waals surface area contributed by atoms with Crippen LogP contribution in [0.2, 0.25) is 0 Å². The van der Waals surface area contributed by atoms with E-state index in [0.717, 1.165) is 25.9 Å². The Labute approximate surface area is 149 Å². The Morgan fingerprint density at radius 1 is 1.15 bits per heavy atom. The molecule has 7 heteroatoms. The molecule has 1 saturated heterocycles. The summed E-state index contributed by atoms with van der Waals surface area (Å²) in [6.45, 7) is 1.96. The van der Waals surface area contributed by atoms with Crippen molar-refractivity contribution >= 4 is 17.8 Å². The number of rotatable bonds is 3. The molecular weight excluding hydrogens is 343 g/mol. The van der Waals surface area contributed by atoms with Gasteiger partial charge in [-0.05, 0) is 38.1 Å². The number of piperidine rings is 1. The van der Waals surface area contributed by atoms with Gasteiger partial charge >= 0.3 is 0 Å². The molecule has 1 aromatic carbocycles. The zero-order valence-electron chi connectivity index (χ0n) is 14.2. The monoisotopic (exact) mass is 361 g/mol. The standard InChI is InChI=1S/C19H18F3N3O/c1-25-7-5-12(6-8-25)9-14-3-2-4-17(23-14)24-19(26)18-15(21)10-13(20)11-16(18)22/h2-4,9-11H,5-8H2,1H3,(H,23,24,26). The van der Waals surface area contributed by atoms with Gasteiger partial charge in [-0.1, -0.05) is 11.6 Å². The molecule has 0 spiro atoms. The van der Waals surface area contributed by atoms with Crippen LogP contribution in [0.15, 0.2) is 35.9 Å². The predicted octanol–water partition coefficient (Wildman–Crippen LogP) is 3.86. The summed E-state index contributed by atoms with van der Waals surface area (Å²) in [7, 11) is 2.07. The number of nitrogens with zero attached hydrogens (tertiary/aromatic N) is 2. The van der Waals surface area contributed by atoms with Crippen LogP contribution in [0.1, 0.15) is 28.9 Å². The zero-order valence-corrected chi connectivity index (χ0v) is 14.2. The van der Waals surface area contributed by atoms with Crippen LogP contribution in [0, 0.1) is 17.5 Å². The van der Waals surface area contributed by atoms with Gasteiger partial charge in [0.2, 0.25) is 0 Å². The van der Waals surface area contributed by atoms with E-state index in [1.165, 1.54) is 11.6 Å². The summed E-state index contributed by atoms with van der Waals surface area (Å²) in [4.78, 5) is 18.7. The van der Waals surface area contributed by atoms with Gasteiger partial charge in [0.05, 0.1) is 5.69 Å². The minimum Gasteiger partial charge on any atom is -0.306 e. The molecule has 4 nitrogen and oxygen atoms in total. The lowest BCUT2D eigenvalue weighted by Gasteiger charge is -2.23. The summed E-state index contributed by atoms with van der Waals surface area (Å²) in [5.74, 6) is -4.45. The molecule has 1 aliphatic rings. The highest BCUT2D eigenvalue weighted by molar-refractivity contribution is 6.04. The molecule has 0 aliphatic carbocycles. The van der Waals surface area contributed by atoms with Gasteiger partial charge in [0, 0.05) is 25.2 Å². The van der Waals surface area contributed by atoms with Gasteiger partial charge in [-0.15, -0.1) is 0 Å². The van der Waals surface area contributed by atoms with E-state index in [4.69, 9.17) is 0 Å². The van der Waals surface area contributed by atoms with Gasteiger partial charge in [0.25, 0.3) is 5.91 Å². The molecule has 0 bridgehead atoms. The van der Waals surface area contributed by atoms with Crippen LogP contribution in [0.3, 0.4) is 0 Å². The van der Waals surface area contributed by atoms with E-state index in [9.17, 15) is 18.0 Å². The maximum atomic E-state index is 13.7. The largest absolute Gasteiger partial charge is 0.306 e. The second-order valence-electron chi connectivity index (χ2n) is 6.25. The van der Waals surface area contributed by atoms with Crippen LogP contribution in [-0.4, -0.2) is 35.9 Å². The lowest BCUT2D eigenvalue weighted by molar-refractivity contribution is 0.101.